The fraction of sp³-hybridized carbons (Fsp3) is 0.500. The standard InChI is InChI=1S/C18H26N4O2S/c1-13(2)5-4-11-19-16(23)10-12-22-17(20-21-18(22)25)14-6-8-15(24-3)9-7-14/h6-9,13H,4-5,10-12H2,1-3H3,(H,19,23)(H,21,25). The van der Waals surface area contributed by atoms with Gasteiger partial charge in [-0.1, -0.05) is 13.8 Å². The highest BCUT2D eigenvalue weighted by molar-refractivity contribution is 7.71. The first-order valence-electron chi connectivity index (χ1n) is 8.57. The molecule has 1 aromatic carbocycles. The Bertz CT molecular complexity index is 734. The first-order valence-corrected chi connectivity index (χ1v) is 8.98. The topological polar surface area (TPSA) is 71.9 Å². The van der Waals surface area contributed by atoms with E-state index in [0.29, 0.717) is 23.7 Å². The van der Waals surface area contributed by atoms with Crippen LogP contribution in [0.25, 0.3) is 11.4 Å². The van der Waals surface area contributed by atoms with Gasteiger partial charge < -0.3 is 10.1 Å². The summed E-state index contributed by atoms with van der Waals surface area (Å²) in [5.41, 5.74) is 0.922. The van der Waals surface area contributed by atoms with Crippen molar-refractivity contribution in [2.75, 3.05) is 13.7 Å². The minimum Gasteiger partial charge on any atom is -0.497 e. The smallest absolute Gasteiger partial charge is 0.221 e. The third kappa shape index (κ3) is 5.70. The van der Waals surface area contributed by atoms with Crippen molar-refractivity contribution < 1.29 is 9.53 Å². The van der Waals surface area contributed by atoms with E-state index in [1.807, 2.05) is 28.8 Å². The van der Waals surface area contributed by atoms with E-state index in [1.54, 1.807) is 7.11 Å². The molecule has 0 bridgehead atoms. The molecule has 2 aromatic rings. The Morgan fingerprint density at radius 1 is 1.36 bits per heavy atom. The largest absolute Gasteiger partial charge is 0.497 e. The van der Waals surface area contributed by atoms with Crippen molar-refractivity contribution in [3.05, 3.63) is 29.0 Å². The van der Waals surface area contributed by atoms with Gasteiger partial charge in [-0.2, -0.15) is 5.10 Å². The molecular weight excluding hydrogens is 336 g/mol. The highest BCUT2D eigenvalue weighted by atomic mass is 32.1. The lowest BCUT2D eigenvalue weighted by Crippen LogP contribution is -2.25. The first kappa shape index (κ1) is 19.2. The van der Waals surface area contributed by atoms with Crippen LogP contribution in [0.2, 0.25) is 0 Å². The number of amides is 1. The molecule has 0 unspecified atom stereocenters. The van der Waals surface area contributed by atoms with Crippen molar-refractivity contribution in [3.8, 4) is 17.1 Å². The van der Waals surface area contributed by atoms with Gasteiger partial charge in [0.05, 0.1) is 7.11 Å². The highest BCUT2D eigenvalue weighted by Gasteiger charge is 2.11. The average Bonchev–Trinajstić information content (AvgIpc) is 2.97. The molecule has 0 saturated heterocycles. The van der Waals surface area contributed by atoms with E-state index in [4.69, 9.17) is 17.0 Å². The monoisotopic (exact) mass is 362 g/mol. The minimum atomic E-state index is 0.0348. The lowest BCUT2D eigenvalue weighted by molar-refractivity contribution is -0.121. The molecule has 136 valence electrons. The fourth-order valence-corrected chi connectivity index (χ4v) is 2.75. The van der Waals surface area contributed by atoms with Crippen LogP contribution in [0.1, 0.15) is 33.1 Å². The molecule has 0 aliphatic rings. The lowest BCUT2D eigenvalue weighted by Gasteiger charge is -2.09. The Morgan fingerprint density at radius 3 is 2.72 bits per heavy atom. The number of benzene rings is 1. The minimum absolute atomic E-state index is 0.0348. The summed E-state index contributed by atoms with van der Waals surface area (Å²) in [6.07, 6.45) is 2.50. The van der Waals surface area contributed by atoms with Gasteiger partial charge >= 0.3 is 0 Å². The van der Waals surface area contributed by atoms with Gasteiger partial charge in [0, 0.05) is 25.1 Å². The van der Waals surface area contributed by atoms with Gasteiger partial charge in [0.2, 0.25) is 5.91 Å². The molecule has 2 N–H and O–H groups in total. The van der Waals surface area contributed by atoms with E-state index in [2.05, 4.69) is 29.4 Å². The zero-order chi connectivity index (χ0) is 18.2. The fourth-order valence-electron chi connectivity index (χ4n) is 2.53. The SMILES string of the molecule is COc1ccc(-c2n[nH]c(=S)n2CCC(=O)NCCCC(C)C)cc1. The number of nitrogens with zero attached hydrogens (tertiary/aromatic N) is 2. The molecule has 7 heteroatoms. The number of hydrogen-bond acceptors (Lipinski definition) is 4. The number of nitrogens with one attached hydrogen (secondary N) is 2. The molecule has 25 heavy (non-hydrogen) atoms. The van der Waals surface area contributed by atoms with Gasteiger partial charge in [-0.3, -0.25) is 14.5 Å². The van der Waals surface area contributed by atoms with Crippen LogP contribution in [-0.2, 0) is 11.3 Å². The van der Waals surface area contributed by atoms with Crippen molar-refractivity contribution in [1.82, 2.24) is 20.1 Å². The second-order valence-electron chi connectivity index (χ2n) is 6.37. The van der Waals surface area contributed by atoms with Gasteiger partial charge in [-0.15, -0.1) is 0 Å². The van der Waals surface area contributed by atoms with Crippen molar-refractivity contribution in [1.29, 1.82) is 0 Å². The number of ether oxygens (including phenoxy) is 1. The van der Waals surface area contributed by atoms with Crippen LogP contribution in [-0.4, -0.2) is 34.3 Å². The molecule has 1 heterocycles. The number of hydrogen-bond donors (Lipinski definition) is 2. The number of carbonyl (C=O) groups is 1. The number of methoxy groups -OCH3 is 1. The molecule has 0 aliphatic heterocycles. The summed E-state index contributed by atoms with van der Waals surface area (Å²) < 4.78 is 7.54. The summed E-state index contributed by atoms with van der Waals surface area (Å²) in [5, 5.41) is 10.1. The van der Waals surface area contributed by atoms with E-state index in [0.717, 1.165) is 36.5 Å². The zero-order valence-electron chi connectivity index (χ0n) is 15.0. The maximum absolute atomic E-state index is 12.0. The molecule has 1 amide bonds. The van der Waals surface area contributed by atoms with Gasteiger partial charge in [0.25, 0.3) is 0 Å². The van der Waals surface area contributed by atoms with Gasteiger partial charge in [0.15, 0.2) is 10.6 Å². The molecule has 0 aliphatic carbocycles. The summed E-state index contributed by atoms with van der Waals surface area (Å²) in [6, 6.07) is 7.59. The van der Waals surface area contributed by atoms with Crippen LogP contribution in [0.5, 0.6) is 5.75 Å². The summed E-state index contributed by atoms with van der Waals surface area (Å²) in [4.78, 5) is 12.0. The third-order valence-electron chi connectivity index (χ3n) is 3.95. The average molecular weight is 362 g/mol. The van der Waals surface area contributed by atoms with Crippen LogP contribution in [0.15, 0.2) is 24.3 Å². The quantitative estimate of drug-likeness (QED) is 0.528. The van der Waals surface area contributed by atoms with Gasteiger partial charge in [-0.05, 0) is 55.2 Å². The van der Waals surface area contributed by atoms with Crippen molar-refractivity contribution in [2.24, 2.45) is 5.92 Å². The molecule has 0 spiro atoms. The van der Waals surface area contributed by atoms with E-state index in [1.165, 1.54) is 0 Å². The Morgan fingerprint density at radius 2 is 2.08 bits per heavy atom. The van der Waals surface area contributed by atoms with E-state index >= 15 is 0 Å². The Balaban J connectivity index is 1.95. The first-order chi connectivity index (χ1) is 12.0. The number of rotatable bonds is 9. The second-order valence-corrected chi connectivity index (χ2v) is 6.76. The van der Waals surface area contributed by atoms with E-state index in [-0.39, 0.29) is 5.91 Å². The Kier molecular flexibility index (Phi) is 7.18. The normalized spacial score (nSPS) is 10.9. The third-order valence-corrected chi connectivity index (χ3v) is 4.26. The predicted molar refractivity (Wildman–Crippen MR) is 101 cm³/mol. The summed E-state index contributed by atoms with van der Waals surface area (Å²) in [5.74, 6) is 2.20. The lowest BCUT2D eigenvalue weighted by atomic mass is 10.1. The van der Waals surface area contributed by atoms with Gasteiger partial charge in [-0.25, -0.2) is 0 Å². The van der Waals surface area contributed by atoms with Crippen LogP contribution in [0.3, 0.4) is 0 Å². The van der Waals surface area contributed by atoms with Crippen LogP contribution in [0, 0.1) is 10.7 Å². The number of aromatic nitrogens is 3. The number of carbonyl (C=O) groups excluding carboxylic acids is 1. The molecule has 0 fully saturated rings. The molecule has 1 aromatic heterocycles. The van der Waals surface area contributed by atoms with Crippen molar-refractivity contribution >= 4 is 18.1 Å². The second kappa shape index (κ2) is 9.36. The highest BCUT2D eigenvalue weighted by Crippen LogP contribution is 2.21. The zero-order valence-corrected chi connectivity index (χ0v) is 15.9. The van der Waals surface area contributed by atoms with E-state index in [9.17, 15) is 4.79 Å². The number of aromatic amines is 1. The van der Waals surface area contributed by atoms with Crippen molar-refractivity contribution in [3.63, 3.8) is 0 Å². The van der Waals surface area contributed by atoms with Gasteiger partial charge in [0.1, 0.15) is 5.75 Å². The Hall–Kier alpha value is -2.15. The molecule has 2 rings (SSSR count). The molecule has 6 nitrogen and oxygen atoms in total. The molecule has 0 saturated carbocycles. The molecule has 0 atom stereocenters. The van der Waals surface area contributed by atoms with Crippen LogP contribution >= 0.6 is 12.2 Å². The maximum Gasteiger partial charge on any atom is 0.221 e. The summed E-state index contributed by atoms with van der Waals surface area (Å²) in [6.45, 7) is 5.58. The summed E-state index contributed by atoms with van der Waals surface area (Å²) in [7, 11) is 1.63. The maximum atomic E-state index is 12.0. The van der Waals surface area contributed by atoms with Crippen LogP contribution in [0.4, 0.5) is 0 Å². The van der Waals surface area contributed by atoms with Crippen molar-refractivity contribution in [2.45, 2.75) is 39.7 Å². The van der Waals surface area contributed by atoms with Crippen LogP contribution < -0.4 is 10.1 Å². The number of H-pyrrole nitrogens is 1. The predicted octanol–water partition coefficient (Wildman–Crippen LogP) is 3.56. The molecular formula is C18H26N4O2S. The summed E-state index contributed by atoms with van der Waals surface area (Å²) >= 11 is 5.30. The Labute approximate surface area is 153 Å². The van der Waals surface area contributed by atoms with E-state index < -0.39 is 0 Å². The molecule has 0 radical (unpaired) electrons.